The molecule has 0 spiro atoms. The summed E-state index contributed by atoms with van der Waals surface area (Å²) in [5.74, 6) is 0.925. The molecule has 2 rings (SSSR count). The first-order valence-electron chi connectivity index (χ1n) is 7.57. The summed E-state index contributed by atoms with van der Waals surface area (Å²) >= 11 is 0. The molecule has 1 aliphatic rings. The maximum absolute atomic E-state index is 12.8. The summed E-state index contributed by atoms with van der Waals surface area (Å²) in [6.45, 7) is 5.35. The number of piperazine rings is 1. The molecule has 0 aromatic heterocycles. The Morgan fingerprint density at radius 2 is 1.54 bits per heavy atom. The van der Waals surface area contributed by atoms with Gasteiger partial charge in [-0.15, -0.1) is 0 Å². The zero-order valence-corrected chi connectivity index (χ0v) is 14.2. The first kappa shape index (κ1) is 17.7. The van der Waals surface area contributed by atoms with Crippen LogP contribution in [0, 0.1) is 0 Å². The van der Waals surface area contributed by atoms with Gasteiger partial charge < -0.3 is 24.0 Å². The molecule has 0 aliphatic carbocycles. The van der Waals surface area contributed by atoms with Crippen LogP contribution in [0.25, 0.3) is 0 Å². The highest BCUT2D eigenvalue weighted by molar-refractivity contribution is 5.98. The minimum Gasteiger partial charge on any atom is -0.493 e. The maximum atomic E-state index is 12.8. The van der Waals surface area contributed by atoms with E-state index in [9.17, 15) is 9.59 Å². The Morgan fingerprint density at radius 3 is 2.04 bits per heavy atom. The average Bonchev–Trinajstić information content (AvgIpc) is 2.65. The topological polar surface area (TPSA) is 68.3 Å². The second-order valence-electron chi connectivity index (χ2n) is 5.20. The molecule has 0 N–H and O–H groups in total. The lowest BCUT2D eigenvalue weighted by molar-refractivity contribution is -0.127. The number of ether oxygens (including phenoxy) is 3. The summed E-state index contributed by atoms with van der Waals surface area (Å²) in [7, 11) is 4.50. The van der Waals surface area contributed by atoms with Crippen LogP contribution in [0.1, 0.15) is 10.4 Å². The fourth-order valence-corrected chi connectivity index (χ4v) is 2.70. The highest BCUT2D eigenvalue weighted by Gasteiger charge is 2.28. The number of rotatable bonds is 5. The van der Waals surface area contributed by atoms with Crippen LogP contribution in [0.15, 0.2) is 24.8 Å². The molecule has 1 heterocycles. The van der Waals surface area contributed by atoms with E-state index in [1.54, 1.807) is 21.9 Å². The van der Waals surface area contributed by atoms with Gasteiger partial charge in [-0.05, 0) is 18.2 Å². The van der Waals surface area contributed by atoms with Crippen molar-refractivity contribution in [3.63, 3.8) is 0 Å². The van der Waals surface area contributed by atoms with Crippen LogP contribution >= 0.6 is 0 Å². The first-order valence-corrected chi connectivity index (χ1v) is 7.57. The fraction of sp³-hybridized carbons (Fsp3) is 0.412. The molecule has 1 saturated heterocycles. The normalized spacial score (nSPS) is 14.1. The molecule has 24 heavy (non-hydrogen) atoms. The van der Waals surface area contributed by atoms with Crippen LogP contribution in [0.4, 0.5) is 0 Å². The summed E-state index contributed by atoms with van der Waals surface area (Å²) in [4.78, 5) is 27.8. The van der Waals surface area contributed by atoms with Crippen LogP contribution in [0.5, 0.6) is 17.2 Å². The van der Waals surface area contributed by atoms with Gasteiger partial charge in [0.1, 0.15) is 0 Å². The fourth-order valence-electron chi connectivity index (χ4n) is 2.70. The lowest BCUT2D eigenvalue weighted by Crippen LogP contribution is -2.50. The van der Waals surface area contributed by atoms with Crippen molar-refractivity contribution in [2.75, 3.05) is 47.5 Å². The monoisotopic (exact) mass is 334 g/mol. The Kier molecular flexibility index (Phi) is 5.68. The number of methoxy groups -OCH3 is 3. The SMILES string of the molecule is C=CC(=O)N1CCN(C(=O)c2ccc(OC)c(OC)c2OC)CC1. The van der Waals surface area contributed by atoms with E-state index in [0.29, 0.717) is 49.0 Å². The summed E-state index contributed by atoms with van der Waals surface area (Å²) < 4.78 is 15.9. The number of carbonyl (C=O) groups excluding carboxylic acids is 2. The van der Waals surface area contributed by atoms with Crippen LogP contribution < -0.4 is 14.2 Å². The number of benzene rings is 1. The Labute approximate surface area is 141 Å². The number of amides is 2. The van der Waals surface area contributed by atoms with E-state index in [0.717, 1.165) is 0 Å². The minimum absolute atomic E-state index is 0.120. The third-order valence-corrected chi connectivity index (χ3v) is 3.99. The molecule has 0 bridgehead atoms. The van der Waals surface area contributed by atoms with Crippen molar-refractivity contribution in [1.82, 2.24) is 9.80 Å². The van der Waals surface area contributed by atoms with Crippen molar-refractivity contribution in [2.45, 2.75) is 0 Å². The number of carbonyl (C=O) groups is 2. The molecule has 0 saturated carbocycles. The van der Waals surface area contributed by atoms with Crippen molar-refractivity contribution in [3.8, 4) is 17.2 Å². The van der Waals surface area contributed by atoms with Crippen molar-refractivity contribution < 1.29 is 23.8 Å². The van der Waals surface area contributed by atoms with Gasteiger partial charge in [0.25, 0.3) is 5.91 Å². The standard InChI is InChI=1S/C17H22N2O5/c1-5-14(20)18-8-10-19(11-9-18)17(21)12-6-7-13(22-2)16(24-4)15(12)23-3/h5-7H,1,8-11H2,2-4H3. The minimum atomic E-state index is -0.168. The predicted molar refractivity (Wildman–Crippen MR) is 88.8 cm³/mol. The number of hydrogen-bond acceptors (Lipinski definition) is 5. The summed E-state index contributed by atoms with van der Waals surface area (Å²) in [5.41, 5.74) is 0.402. The number of nitrogens with zero attached hydrogens (tertiary/aromatic N) is 2. The average molecular weight is 334 g/mol. The molecular formula is C17H22N2O5. The van der Waals surface area contributed by atoms with Crippen molar-refractivity contribution >= 4 is 11.8 Å². The smallest absolute Gasteiger partial charge is 0.257 e. The van der Waals surface area contributed by atoms with Gasteiger partial charge in [-0.2, -0.15) is 0 Å². The van der Waals surface area contributed by atoms with Crippen LogP contribution in [-0.2, 0) is 4.79 Å². The van der Waals surface area contributed by atoms with Gasteiger partial charge >= 0.3 is 0 Å². The second kappa shape index (κ2) is 7.72. The van der Waals surface area contributed by atoms with E-state index in [1.165, 1.54) is 27.4 Å². The van der Waals surface area contributed by atoms with Crippen molar-refractivity contribution in [3.05, 3.63) is 30.4 Å². The zero-order valence-electron chi connectivity index (χ0n) is 14.2. The van der Waals surface area contributed by atoms with Crippen LogP contribution in [-0.4, -0.2) is 69.1 Å². The summed E-state index contributed by atoms with van der Waals surface area (Å²) in [6, 6.07) is 3.33. The van der Waals surface area contributed by atoms with Gasteiger partial charge in [0, 0.05) is 26.2 Å². The van der Waals surface area contributed by atoms with E-state index >= 15 is 0 Å². The van der Waals surface area contributed by atoms with E-state index < -0.39 is 0 Å². The lowest BCUT2D eigenvalue weighted by Gasteiger charge is -2.34. The Morgan fingerprint density at radius 1 is 0.958 bits per heavy atom. The lowest BCUT2D eigenvalue weighted by atomic mass is 10.1. The molecule has 2 amide bonds. The van der Waals surface area contributed by atoms with Crippen LogP contribution in [0.3, 0.4) is 0 Å². The molecular weight excluding hydrogens is 312 g/mol. The predicted octanol–water partition coefficient (Wildman–Crippen LogP) is 1.18. The molecule has 0 radical (unpaired) electrons. The quantitative estimate of drug-likeness (QED) is 0.757. The largest absolute Gasteiger partial charge is 0.493 e. The van der Waals surface area contributed by atoms with Gasteiger partial charge in [0.15, 0.2) is 11.5 Å². The Hall–Kier alpha value is -2.70. The maximum Gasteiger partial charge on any atom is 0.257 e. The molecule has 1 aliphatic heterocycles. The van der Waals surface area contributed by atoms with E-state index in [2.05, 4.69) is 6.58 Å². The molecule has 130 valence electrons. The molecule has 7 nitrogen and oxygen atoms in total. The van der Waals surface area contributed by atoms with Crippen LogP contribution in [0.2, 0.25) is 0 Å². The van der Waals surface area contributed by atoms with E-state index in [4.69, 9.17) is 14.2 Å². The summed E-state index contributed by atoms with van der Waals surface area (Å²) in [5, 5.41) is 0. The molecule has 0 atom stereocenters. The van der Waals surface area contributed by atoms with Crippen molar-refractivity contribution in [2.24, 2.45) is 0 Å². The van der Waals surface area contributed by atoms with Gasteiger partial charge in [-0.3, -0.25) is 9.59 Å². The molecule has 0 unspecified atom stereocenters. The second-order valence-corrected chi connectivity index (χ2v) is 5.20. The van der Waals surface area contributed by atoms with Gasteiger partial charge in [0.2, 0.25) is 11.7 Å². The first-order chi connectivity index (χ1) is 11.6. The van der Waals surface area contributed by atoms with E-state index in [1.807, 2.05) is 0 Å². The van der Waals surface area contributed by atoms with Gasteiger partial charge in [0.05, 0.1) is 26.9 Å². The molecule has 7 heteroatoms. The molecule has 1 aromatic carbocycles. The third-order valence-electron chi connectivity index (χ3n) is 3.99. The third kappa shape index (κ3) is 3.29. The number of hydrogen-bond donors (Lipinski definition) is 0. The van der Waals surface area contributed by atoms with Gasteiger partial charge in [-0.1, -0.05) is 6.58 Å². The highest BCUT2D eigenvalue weighted by atomic mass is 16.5. The Bertz CT molecular complexity index is 636. The van der Waals surface area contributed by atoms with E-state index in [-0.39, 0.29) is 11.8 Å². The Balaban J connectivity index is 2.22. The van der Waals surface area contributed by atoms with Crippen molar-refractivity contribution in [1.29, 1.82) is 0 Å². The van der Waals surface area contributed by atoms with Gasteiger partial charge in [-0.25, -0.2) is 0 Å². The highest BCUT2D eigenvalue weighted by Crippen LogP contribution is 2.40. The zero-order chi connectivity index (χ0) is 17.7. The molecule has 1 aromatic rings. The molecule has 1 fully saturated rings. The summed E-state index contributed by atoms with van der Waals surface area (Å²) in [6.07, 6.45) is 1.29.